The molecule has 3 heteroatoms. The highest BCUT2D eigenvalue weighted by molar-refractivity contribution is 5.28. The van der Waals surface area contributed by atoms with Crippen LogP contribution in [0.3, 0.4) is 0 Å². The van der Waals surface area contributed by atoms with Crippen LogP contribution < -0.4 is 10.5 Å². The number of benzene rings is 1. The number of hydrogen-bond donors (Lipinski definition) is 1. The third-order valence-corrected chi connectivity index (χ3v) is 3.40. The van der Waals surface area contributed by atoms with Crippen LogP contribution in [-0.4, -0.2) is 31.1 Å². The van der Waals surface area contributed by atoms with Gasteiger partial charge < -0.3 is 10.5 Å². The third kappa shape index (κ3) is 5.05. The van der Waals surface area contributed by atoms with Crippen molar-refractivity contribution in [2.45, 2.75) is 25.8 Å². The molecule has 2 N–H and O–H groups in total. The number of nitrogens with two attached hydrogens (primary N) is 1. The van der Waals surface area contributed by atoms with Crippen LogP contribution in [0.1, 0.15) is 24.8 Å². The summed E-state index contributed by atoms with van der Waals surface area (Å²) in [5.74, 6) is 0.941. The highest BCUT2D eigenvalue weighted by atomic mass is 16.5. The summed E-state index contributed by atoms with van der Waals surface area (Å²) in [5, 5.41) is 0. The van der Waals surface area contributed by atoms with E-state index in [2.05, 4.69) is 23.1 Å². The molecular formula is C16H24N2O. The smallest absolute Gasteiger partial charge is 0.120 e. The maximum Gasteiger partial charge on any atom is 0.120 e. The summed E-state index contributed by atoms with van der Waals surface area (Å²) >= 11 is 0. The lowest BCUT2D eigenvalue weighted by atomic mass is 10.1. The van der Waals surface area contributed by atoms with Crippen molar-refractivity contribution in [1.29, 1.82) is 0 Å². The van der Waals surface area contributed by atoms with Gasteiger partial charge in [0.25, 0.3) is 0 Å². The van der Waals surface area contributed by atoms with Crippen molar-refractivity contribution in [3.8, 4) is 5.75 Å². The molecule has 104 valence electrons. The lowest BCUT2D eigenvalue weighted by molar-refractivity contribution is 0.220. The van der Waals surface area contributed by atoms with Gasteiger partial charge in [0.15, 0.2) is 0 Å². The van der Waals surface area contributed by atoms with Gasteiger partial charge in [-0.05, 0) is 43.6 Å². The van der Waals surface area contributed by atoms with E-state index in [4.69, 9.17) is 10.5 Å². The summed E-state index contributed by atoms with van der Waals surface area (Å²) in [6, 6.07) is 8.40. The fourth-order valence-electron chi connectivity index (χ4n) is 2.42. The molecule has 1 heterocycles. The molecule has 1 aliphatic heterocycles. The van der Waals surface area contributed by atoms with Crippen LogP contribution >= 0.6 is 0 Å². The van der Waals surface area contributed by atoms with Gasteiger partial charge in [0.1, 0.15) is 12.4 Å². The summed E-state index contributed by atoms with van der Waals surface area (Å²) in [7, 11) is 0. The second kappa shape index (κ2) is 7.97. The molecule has 1 saturated heterocycles. The molecule has 0 aromatic heterocycles. The van der Waals surface area contributed by atoms with E-state index in [0.717, 1.165) is 12.3 Å². The summed E-state index contributed by atoms with van der Waals surface area (Å²) in [4.78, 5) is 2.52. The van der Waals surface area contributed by atoms with Crippen molar-refractivity contribution < 1.29 is 4.74 Å². The molecule has 0 bridgehead atoms. The Hall–Kier alpha value is -1.32. The number of ether oxygens (including phenoxy) is 1. The maximum absolute atomic E-state index is 5.68. The first kappa shape index (κ1) is 14.1. The first-order chi connectivity index (χ1) is 9.38. The Morgan fingerprint density at radius 3 is 2.79 bits per heavy atom. The molecule has 0 unspecified atom stereocenters. The van der Waals surface area contributed by atoms with Crippen molar-refractivity contribution in [2.75, 3.05) is 26.2 Å². The van der Waals surface area contributed by atoms with Crippen LogP contribution in [0.25, 0.3) is 0 Å². The van der Waals surface area contributed by atoms with Gasteiger partial charge >= 0.3 is 0 Å². The maximum atomic E-state index is 5.68. The SMILES string of the molecule is NC/C=C\COc1cccc(CN2CCCCC2)c1. The average Bonchev–Trinajstić information content (AvgIpc) is 2.45. The highest BCUT2D eigenvalue weighted by Gasteiger charge is 2.10. The van der Waals surface area contributed by atoms with Crippen molar-refractivity contribution in [2.24, 2.45) is 5.73 Å². The van der Waals surface area contributed by atoms with Gasteiger partial charge in [0.05, 0.1) is 0 Å². The normalized spacial score (nSPS) is 16.9. The molecule has 1 aromatic rings. The van der Waals surface area contributed by atoms with Gasteiger partial charge in [-0.15, -0.1) is 0 Å². The monoisotopic (exact) mass is 260 g/mol. The van der Waals surface area contributed by atoms with E-state index in [-0.39, 0.29) is 0 Å². The van der Waals surface area contributed by atoms with E-state index in [9.17, 15) is 0 Å². The van der Waals surface area contributed by atoms with E-state index < -0.39 is 0 Å². The molecule has 19 heavy (non-hydrogen) atoms. The lowest BCUT2D eigenvalue weighted by Gasteiger charge is -2.26. The van der Waals surface area contributed by atoms with E-state index in [1.165, 1.54) is 37.9 Å². The van der Waals surface area contributed by atoms with Gasteiger partial charge in [-0.2, -0.15) is 0 Å². The zero-order valence-electron chi connectivity index (χ0n) is 11.6. The molecule has 1 aromatic carbocycles. The van der Waals surface area contributed by atoms with Gasteiger partial charge in [-0.25, -0.2) is 0 Å². The zero-order chi connectivity index (χ0) is 13.3. The van der Waals surface area contributed by atoms with Crippen LogP contribution in [0.2, 0.25) is 0 Å². The van der Waals surface area contributed by atoms with Crippen molar-refractivity contribution >= 4 is 0 Å². The summed E-state index contributed by atoms with van der Waals surface area (Å²) in [5.41, 5.74) is 6.72. The van der Waals surface area contributed by atoms with E-state index in [1.54, 1.807) is 0 Å². The number of hydrogen-bond acceptors (Lipinski definition) is 3. The van der Waals surface area contributed by atoms with Gasteiger partial charge in [0, 0.05) is 13.1 Å². The first-order valence-electron chi connectivity index (χ1n) is 7.17. The molecule has 1 aliphatic rings. The minimum atomic E-state index is 0.568. The van der Waals surface area contributed by atoms with Crippen LogP contribution in [0.15, 0.2) is 36.4 Å². The molecular weight excluding hydrogens is 236 g/mol. The van der Waals surface area contributed by atoms with Gasteiger partial charge in [0.2, 0.25) is 0 Å². The Bertz CT molecular complexity index is 397. The fraction of sp³-hybridized carbons (Fsp3) is 0.500. The predicted molar refractivity (Wildman–Crippen MR) is 79.3 cm³/mol. The fourth-order valence-corrected chi connectivity index (χ4v) is 2.42. The predicted octanol–water partition coefficient (Wildman–Crippen LogP) is 2.57. The second-order valence-corrected chi connectivity index (χ2v) is 5.00. The van der Waals surface area contributed by atoms with Gasteiger partial charge in [-0.3, -0.25) is 4.90 Å². The van der Waals surface area contributed by atoms with Crippen LogP contribution in [0.5, 0.6) is 5.75 Å². The molecule has 1 fully saturated rings. The summed E-state index contributed by atoms with van der Waals surface area (Å²) < 4.78 is 5.68. The molecule has 0 amide bonds. The molecule has 2 rings (SSSR count). The van der Waals surface area contributed by atoms with E-state index >= 15 is 0 Å². The lowest BCUT2D eigenvalue weighted by Crippen LogP contribution is -2.29. The third-order valence-electron chi connectivity index (χ3n) is 3.40. The number of nitrogens with zero attached hydrogens (tertiary/aromatic N) is 1. The number of piperidine rings is 1. The van der Waals surface area contributed by atoms with Gasteiger partial charge in [-0.1, -0.05) is 30.7 Å². The largest absolute Gasteiger partial charge is 0.490 e. The molecule has 0 spiro atoms. The summed E-state index contributed by atoms with van der Waals surface area (Å²) in [6.45, 7) is 4.65. The minimum Gasteiger partial charge on any atom is -0.490 e. The Morgan fingerprint density at radius 2 is 2.00 bits per heavy atom. The summed E-state index contributed by atoms with van der Waals surface area (Å²) in [6.07, 6.45) is 7.92. The number of likely N-dealkylation sites (tertiary alicyclic amines) is 1. The molecule has 0 radical (unpaired) electrons. The zero-order valence-corrected chi connectivity index (χ0v) is 11.6. The Balaban J connectivity index is 1.85. The molecule has 3 nitrogen and oxygen atoms in total. The minimum absolute atomic E-state index is 0.568. The standard InChI is InChI=1S/C16H24N2O/c17-9-2-5-12-19-16-8-6-7-15(13-16)14-18-10-3-1-4-11-18/h2,5-8,13H,1,3-4,9-12,14,17H2/b5-2-. The van der Waals surface area contributed by atoms with Crippen molar-refractivity contribution in [1.82, 2.24) is 4.90 Å². The van der Waals surface area contributed by atoms with Crippen molar-refractivity contribution in [3.05, 3.63) is 42.0 Å². The first-order valence-corrected chi connectivity index (χ1v) is 7.17. The molecule has 0 atom stereocenters. The van der Waals surface area contributed by atoms with Crippen molar-refractivity contribution in [3.63, 3.8) is 0 Å². The average molecular weight is 260 g/mol. The second-order valence-electron chi connectivity index (χ2n) is 5.00. The van der Waals surface area contributed by atoms with Crippen LogP contribution in [-0.2, 0) is 6.54 Å². The Morgan fingerprint density at radius 1 is 1.16 bits per heavy atom. The molecule has 0 saturated carbocycles. The highest BCUT2D eigenvalue weighted by Crippen LogP contribution is 2.17. The van der Waals surface area contributed by atoms with E-state index in [1.807, 2.05) is 18.2 Å². The van der Waals surface area contributed by atoms with E-state index in [0.29, 0.717) is 13.2 Å². The van der Waals surface area contributed by atoms with Crippen LogP contribution in [0, 0.1) is 0 Å². The van der Waals surface area contributed by atoms with Crippen LogP contribution in [0.4, 0.5) is 0 Å². The Labute approximate surface area is 116 Å². The topological polar surface area (TPSA) is 38.5 Å². The quantitative estimate of drug-likeness (QED) is 0.799. The molecule has 0 aliphatic carbocycles. The Kier molecular flexibility index (Phi) is 5.92. The number of rotatable bonds is 6.